The number of hydrogen-bond acceptors (Lipinski definition) is 3. The van der Waals surface area contributed by atoms with Gasteiger partial charge in [0.2, 0.25) is 5.91 Å². The van der Waals surface area contributed by atoms with Gasteiger partial charge in [-0.05, 0) is 35.9 Å². The molecular weight excluding hydrogens is 357 g/mol. The molecule has 1 aliphatic heterocycles. The van der Waals surface area contributed by atoms with E-state index in [-0.39, 0.29) is 34.0 Å². The highest BCUT2D eigenvalue weighted by Crippen LogP contribution is 2.49. The second-order valence-corrected chi connectivity index (χ2v) is 6.05. The fourth-order valence-corrected chi connectivity index (χ4v) is 3.23. The number of fused-ring (bicyclic) bond motifs is 1. The molecule has 0 aliphatic carbocycles. The van der Waals surface area contributed by atoms with Crippen molar-refractivity contribution in [3.05, 3.63) is 58.1 Å². The van der Waals surface area contributed by atoms with E-state index < -0.39 is 23.1 Å². The van der Waals surface area contributed by atoms with Gasteiger partial charge in [0.15, 0.2) is 0 Å². The van der Waals surface area contributed by atoms with Gasteiger partial charge < -0.3 is 10.4 Å². The van der Waals surface area contributed by atoms with Gasteiger partial charge in [0.05, 0.1) is 18.1 Å². The normalized spacial score (nSPS) is 19.2. The Morgan fingerprint density at radius 2 is 1.92 bits per heavy atom. The van der Waals surface area contributed by atoms with E-state index in [4.69, 9.17) is 11.6 Å². The predicted octanol–water partition coefficient (Wildman–Crippen LogP) is 4.22. The average molecular weight is 367 g/mol. The van der Waals surface area contributed by atoms with Crippen molar-refractivity contribution in [3.63, 3.8) is 0 Å². The molecule has 25 heavy (non-hydrogen) atoms. The number of rotatable bonds is 2. The van der Waals surface area contributed by atoms with Crippen LogP contribution in [-0.2, 0) is 16.4 Å². The zero-order chi connectivity index (χ0) is 18.4. The second-order valence-electron chi connectivity index (χ2n) is 5.61. The molecule has 2 N–H and O–H groups in total. The number of nitriles is 1. The van der Waals surface area contributed by atoms with E-state index >= 15 is 0 Å². The molecular formula is C17H10ClF3N2O2. The molecule has 4 nitrogen and oxygen atoms in total. The minimum atomic E-state index is -4.57. The summed E-state index contributed by atoms with van der Waals surface area (Å²) in [5.74, 6) is -0.969. The minimum absolute atomic E-state index is 0.0468. The smallest absolute Gasteiger partial charge is 0.416 e. The van der Waals surface area contributed by atoms with Gasteiger partial charge in [-0.15, -0.1) is 0 Å². The SMILES string of the molecule is N#CCC1(c2cc(Cl)ccc2O)C(=O)Nc2cc(C(F)(F)F)ccc21. The number of benzene rings is 2. The Kier molecular flexibility index (Phi) is 3.88. The van der Waals surface area contributed by atoms with Gasteiger partial charge in [-0.2, -0.15) is 18.4 Å². The number of halogens is 4. The molecule has 128 valence electrons. The first-order chi connectivity index (χ1) is 11.7. The third kappa shape index (κ3) is 2.59. The summed E-state index contributed by atoms with van der Waals surface area (Å²) in [7, 11) is 0. The van der Waals surface area contributed by atoms with Crippen LogP contribution in [0.15, 0.2) is 36.4 Å². The first kappa shape index (κ1) is 17.1. The first-order valence-electron chi connectivity index (χ1n) is 7.09. The Morgan fingerprint density at radius 1 is 1.20 bits per heavy atom. The van der Waals surface area contributed by atoms with Crippen LogP contribution >= 0.6 is 11.6 Å². The van der Waals surface area contributed by atoms with E-state index in [2.05, 4.69) is 5.32 Å². The lowest BCUT2D eigenvalue weighted by Crippen LogP contribution is -2.35. The van der Waals surface area contributed by atoms with Crippen LogP contribution in [0, 0.1) is 11.3 Å². The number of aromatic hydroxyl groups is 1. The quantitative estimate of drug-likeness (QED) is 0.836. The average Bonchev–Trinajstić information content (AvgIpc) is 2.81. The van der Waals surface area contributed by atoms with Gasteiger partial charge in [-0.25, -0.2) is 0 Å². The van der Waals surface area contributed by atoms with Crippen LogP contribution < -0.4 is 5.32 Å². The number of nitrogens with zero attached hydrogens (tertiary/aromatic N) is 1. The third-order valence-corrected chi connectivity index (χ3v) is 4.44. The molecule has 3 rings (SSSR count). The lowest BCUT2D eigenvalue weighted by molar-refractivity contribution is -0.137. The lowest BCUT2D eigenvalue weighted by atomic mass is 9.72. The molecule has 0 saturated heterocycles. The Hall–Kier alpha value is -2.72. The summed E-state index contributed by atoms with van der Waals surface area (Å²) in [6.07, 6.45) is -4.94. The summed E-state index contributed by atoms with van der Waals surface area (Å²) in [6.45, 7) is 0. The highest BCUT2D eigenvalue weighted by molar-refractivity contribution is 6.30. The number of carbonyl (C=O) groups is 1. The molecule has 1 aliphatic rings. The number of phenolic OH excluding ortho intramolecular Hbond substituents is 1. The number of nitrogens with one attached hydrogen (secondary N) is 1. The molecule has 1 amide bonds. The van der Waals surface area contributed by atoms with E-state index in [0.717, 1.165) is 18.2 Å². The van der Waals surface area contributed by atoms with Crippen LogP contribution in [0.1, 0.15) is 23.1 Å². The summed E-state index contributed by atoms with van der Waals surface area (Å²) >= 11 is 5.94. The van der Waals surface area contributed by atoms with Gasteiger partial charge in [-0.1, -0.05) is 17.7 Å². The van der Waals surface area contributed by atoms with Gasteiger partial charge in [0.1, 0.15) is 11.2 Å². The molecule has 1 heterocycles. The van der Waals surface area contributed by atoms with Crippen LogP contribution in [0.25, 0.3) is 0 Å². The summed E-state index contributed by atoms with van der Waals surface area (Å²) in [5, 5.41) is 22.0. The van der Waals surface area contributed by atoms with E-state index in [1.54, 1.807) is 0 Å². The fraction of sp³-hybridized carbons (Fsp3) is 0.176. The number of alkyl halides is 3. The van der Waals surface area contributed by atoms with Gasteiger partial charge in [0.25, 0.3) is 0 Å². The first-order valence-corrected chi connectivity index (χ1v) is 7.47. The van der Waals surface area contributed by atoms with Crippen molar-refractivity contribution >= 4 is 23.2 Å². The topological polar surface area (TPSA) is 73.1 Å². The molecule has 1 unspecified atom stereocenters. The molecule has 0 aromatic heterocycles. The fourth-order valence-electron chi connectivity index (χ4n) is 3.05. The Labute approximate surface area is 145 Å². The summed E-state index contributed by atoms with van der Waals surface area (Å²) in [6, 6.07) is 8.68. The highest BCUT2D eigenvalue weighted by Gasteiger charge is 2.50. The Bertz CT molecular complexity index is 921. The van der Waals surface area contributed by atoms with Crippen LogP contribution in [0.2, 0.25) is 5.02 Å². The Balaban J connectivity index is 2.28. The number of phenols is 1. The second kappa shape index (κ2) is 5.67. The lowest BCUT2D eigenvalue weighted by Gasteiger charge is -2.26. The maximum absolute atomic E-state index is 12.9. The predicted molar refractivity (Wildman–Crippen MR) is 84.2 cm³/mol. The van der Waals surface area contributed by atoms with Crippen molar-refractivity contribution in [3.8, 4) is 11.8 Å². The van der Waals surface area contributed by atoms with E-state index in [9.17, 15) is 28.3 Å². The number of anilines is 1. The third-order valence-electron chi connectivity index (χ3n) is 4.21. The summed E-state index contributed by atoms with van der Waals surface area (Å²) in [4.78, 5) is 12.7. The monoisotopic (exact) mass is 366 g/mol. The van der Waals surface area contributed by atoms with Crippen LogP contribution in [0.4, 0.5) is 18.9 Å². The Morgan fingerprint density at radius 3 is 2.56 bits per heavy atom. The molecule has 1 atom stereocenters. The van der Waals surface area contributed by atoms with Crippen molar-refractivity contribution in [2.45, 2.75) is 18.0 Å². The minimum Gasteiger partial charge on any atom is -0.508 e. The van der Waals surface area contributed by atoms with E-state index in [0.29, 0.717) is 0 Å². The standard InChI is InChI=1S/C17H10ClF3N2O2/c18-10-2-4-14(24)12(8-10)16(5-6-22)11-3-1-9(17(19,20)21)7-13(11)23-15(16)25/h1-4,7-8,24H,5H2,(H,23,25). The molecule has 0 spiro atoms. The maximum Gasteiger partial charge on any atom is 0.416 e. The van der Waals surface area contributed by atoms with Crippen molar-refractivity contribution in [1.29, 1.82) is 5.26 Å². The van der Waals surface area contributed by atoms with Crippen LogP contribution in [0.3, 0.4) is 0 Å². The number of carbonyl (C=O) groups excluding carboxylic acids is 1. The number of amides is 1. The molecule has 2 aromatic carbocycles. The summed E-state index contributed by atoms with van der Waals surface area (Å²) < 4.78 is 38.7. The molecule has 0 bridgehead atoms. The van der Waals surface area contributed by atoms with Crippen molar-refractivity contribution in [2.24, 2.45) is 0 Å². The van der Waals surface area contributed by atoms with Crippen molar-refractivity contribution in [2.75, 3.05) is 5.32 Å². The van der Waals surface area contributed by atoms with Gasteiger partial charge in [0, 0.05) is 16.3 Å². The van der Waals surface area contributed by atoms with Crippen LogP contribution in [0.5, 0.6) is 5.75 Å². The molecule has 0 saturated carbocycles. The van der Waals surface area contributed by atoms with Crippen molar-refractivity contribution in [1.82, 2.24) is 0 Å². The zero-order valence-corrected chi connectivity index (χ0v) is 13.2. The molecule has 0 fully saturated rings. The van der Waals surface area contributed by atoms with E-state index in [1.165, 1.54) is 18.2 Å². The largest absolute Gasteiger partial charge is 0.508 e. The molecule has 0 radical (unpaired) electrons. The van der Waals surface area contributed by atoms with E-state index in [1.807, 2.05) is 6.07 Å². The van der Waals surface area contributed by atoms with Crippen molar-refractivity contribution < 1.29 is 23.1 Å². The van der Waals surface area contributed by atoms with Gasteiger partial charge >= 0.3 is 6.18 Å². The zero-order valence-electron chi connectivity index (χ0n) is 12.5. The molecule has 2 aromatic rings. The highest BCUT2D eigenvalue weighted by atomic mass is 35.5. The maximum atomic E-state index is 12.9. The van der Waals surface area contributed by atoms with Gasteiger partial charge in [-0.3, -0.25) is 4.79 Å². The summed E-state index contributed by atoms with van der Waals surface area (Å²) in [5.41, 5.74) is -2.35. The van der Waals surface area contributed by atoms with Crippen LogP contribution in [-0.4, -0.2) is 11.0 Å². The molecule has 8 heteroatoms. The number of hydrogen-bond donors (Lipinski definition) is 2.